The number of carbonyl (C=O) groups excluding carboxylic acids is 6. The van der Waals surface area contributed by atoms with Gasteiger partial charge in [-0.15, -0.1) is 0 Å². The van der Waals surface area contributed by atoms with Gasteiger partial charge in [-0.05, 0) is 73.4 Å². The number of nitrogens with zero attached hydrogens (tertiary/aromatic N) is 2. The Hall–Kier alpha value is -5.87. The highest BCUT2D eigenvalue weighted by Crippen LogP contribution is 2.29. The van der Waals surface area contributed by atoms with Gasteiger partial charge >= 0.3 is 0 Å². The Morgan fingerprint density at radius 3 is 1.79 bits per heavy atom. The quantitative estimate of drug-likeness (QED) is 0.0534. The minimum absolute atomic E-state index is 0.00999. The summed E-state index contributed by atoms with van der Waals surface area (Å²) in [7, 11) is 0. The molecule has 1 aliphatic heterocycles. The van der Waals surface area contributed by atoms with Crippen molar-refractivity contribution in [2.24, 2.45) is 28.1 Å². The lowest BCUT2D eigenvalue weighted by Gasteiger charge is -2.33. The summed E-state index contributed by atoms with van der Waals surface area (Å²) >= 11 is 0. The molecule has 17 heteroatoms. The van der Waals surface area contributed by atoms with E-state index in [0.29, 0.717) is 36.8 Å². The number of nitrogens with one attached hydrogen (secondary N) is 4. The number of hydrogen-bond donors (Lipinski definition) is 9. The highest BCUT2D eigenvalue weighted by molar-refractivity contribution is 5.96. The number of primary amides is 1. The molecular weight excluding hydrogens is 734 g/mol. The number of likely N-dealkylation sites (tertiary alicyclic amines) is 1. The fraction of sp³-hybridized carbons (Fsp3) is 0.525. The van der Waals surface area contributed by atoms with E-state index in [-0.39, 0.29) is 55.7 Å². The zero-order valence-electron chi connectivity index (χ0n) is 32.5. The lowest BCUT2D eigenvalue weighted by Crippen LogP contribution is -2.59. The molecule has 4 rings (SSSR count). The maximum absolute atomic E-state index is 14.5. The van der Waals surface area contributed by atoms with Crippen molar-refractivity contribution < 1.29 is 39.0 Å². The first-order valence-corrected chi connectivity index (χ1v) is 19.6. The van der Waals surface area contributed by atoms with Crippen LogP contribution in [-0.4, -0.2) is 99.8 Å². The van der Waals surface area contributed by atoms with Crippen LogP contribution < -0.4 is 38.5 Å². The van der Waals surface area contributed by atoms with Crippen molar-refractivity contribution in [3.05, 3.63) is 59.7 Å². The van der Waals surface area contributed by atoms with E-state index in [1.807, 2.05) is 0 Å². The molecule has 2 aromatic carbocycles. The van der Waals surface area contributed by atoms with Crippen molar-refractivity contribution in [2.75, 3.05) is 13.1 Å². The molecule has 0 aromatic heterocycles. The number of rotatable bonds is 19. The van der Waals surface area contributed by atoms with Gasteiger partial charge in [-0.1, -0.05) is 56.4 Å². The van der Waals surface area contributed by atoms with Crippen molar-refractivity contribution in [1.29, 1.82) is 0 Å². The zero-order valence-corrected chi connectivity index (χ0v) is 32.5. The predicted molar refractivity (Wildman–Crippen MR) is 212 cm³/mol. The topological polar surface area (TPSA) is 285 Å². The van der Waals surface area contributed by atoms with Gasteiger partial charge in [0.05, 0.1) is 0 Å². The highest BCUT2D eigenvalue weighted by atomic mass is 16.3. The van der Waals surface area contributed by atoms with Crippen LogP contribution in [0, 0.1) is 5.92 Å². The maximum atomic E-state index is 14.5. The standard InChI is InChI=1S/C40H57N9O8/c1-24(50)45-31(21-26-11-15-28(51)16-12-26)36(54)48-33(23-25-7-3-2-4-8-25)39(57)49-20-6-10-34(49)38(56)47-32(22-27-13-17-29(52)18-14-27)37(55)46-30(35(41)53)9-5-19-44-40(42)43/h11-18,25,30-34,51-52H,2-10,19-23H2,1H3,(H2,41,53)(H,45,50)(H,46,55)(H,47,56)(H,48,54)(H4,42,43,44)/t30-,31+,32+,33-,34+/m0/s1. The number of guanidine groups is 1. The van der Waals surface area contributed by atoms with Crippen LogP contribution in [0.3, 0.4) is 0 Å². The third kappa shape index (κ3) is 14.0. The van der Waals surface area contributed by atoms with Crippen molar-refractivity contribution >= 4 is 41.4 Å². The number of aliphatic imine (C=N–C) groups is 1. The number of nitrogens with two attached hydrogens (primary N) is 3. The predicted octanol–water partition coefficient (Wildman–Crippen LogP) is 0.342. The van der Waals surface area contributed by atoms with Gasteiger partial charge in [0.25, 0.3) is 0 Å². The van der Waals surface area contributed by atoms with Gasteiger partial charge in [0, 0.05) is 32.9 Å². The lowest BCUT2D eigenvalue weighted by atomic mass is 9.84. The summed E-state index contributed by atoms with van der Waals surface area (Å²) in [5.41, 5.74) is 17.7. The van der Waals surface area contributed by atoms with Crippen LogP contribution in [0.1, 0.15) is 82.3 Å². The molecule has 2 fully saturated rings. The number of hydrogen-bond acceptors (Lipinski definition) is 9. The second-order valence-corrected chi connectivity index (χ2v) is 15.0. The van der Waals surface area contributed by atoms with Gasteiger partial charge < -0.3 is 53.6 Å². The molecule has 17 nitrogen and oxygen atoms in total. The molecule has 0 spiro atoms. The van der Waals surface area contributed by atoms with E-state index in [4.69, 9.17) is 17.2 Å². The average Bonchev–Trinajstić information content (AvgIpc) is 3.67. The molecule has 1 saturated heterocycles. The first-order valence-electron chi connectivity index (χ1n) is 19.6. The molecule has 12 N–H and O–H groups in total. The van der Waals surface area contributed by atoms with E-state index < -0.39 is 65.7 Å². The minimum atomic E-state index is -1.20. The van der Waals surface area contributed by atoms with E-state index in [1.165, 1.54) is 36.1 Å². The van der Waals surface area contributed by atoms with Crippen molar-refractivity contribution in [1.82, 2.24) is 26.2 Å². The van der Waals surface area contributed by atoms with E-state index in [9.17, 15) is 39.0 Å². The van der Waals surface area contributed by atoms with Crippen LogP contribution in [0.2, 0.25) is 0 Å². The Labute approximate surface area is 332 Å². The summed E-state index contributed by atoms with van der Waals surface area (Å²) in [5, 5.41) is 30.6. The Bertz CT molecular complexity index is 1730. The number of phenolic OH excluding ortho intramolecular Hbond substituents is 2. The molecule has 0 unspecified atom stereocenters. The first-order chi connectivity index (χ1) is 27.2. The number of carbonyl (C=O) groups is 6. The molecule has 1 saturated carbocycles. The van der Waals surface area contributed by atoms with Crippen LogP contribution >= 0.6 is 0 Å². The van der Waals surface area contributed by atoms with Crippen molar-refractivity contribution in [2.45, 2.75) is 114 Å². The fourth-order valence-electron chi connectivity index (χ4n) is 7.48. The first kappa shape index (κ1) is 43.9. The van der Waals surface area contributed by atoms with Crippen LogP contribution in [0.15, 0.2) is 53.5 Å². The Balaban J connectivity index is 1.54. The highest BCUT2D eigenvalue weighted by Gasteiger charge is 2.40. The van der Waals surface area contributed by atoms with Crippen LogP contribution in [-0.2, 0) is 41.6 Å². The smallest absolute Gasteiger partial charge is 0.245 e. The molecule has 2 aliphatic rings. The van der Waals surface area contributed by atoms with Crippen LogP contribution in [0.5, 0.6) is 11.5 Å². The molecule has 310 valence electrons. The molecule has 2 aromatic rings. The largest absolute Gasteiger partial charge is 0.508 e. The third-order valence-electron chi connectivity index (χ3n) is 10.4. The Kier molecular flexibility index (Phi) is 16.5. The maximum Gasteiger partial charge on any atom is 0.245 e. The van der Waals surface area contributed by atoms with Gasteiger partial charge in [0.15, 0.2) is 5.96 Å². The van der Waals surface area contributed by atoms with Gasteiger partial charge in [-0.2, -0.15) is 0 Å². The van der Waals surface area contributed by atoms with Crippen molar-refractivity contribution in [3.63, 3.8) is 0 Å². The Morgan fingerprint density at radius 1 is 0.719 bits per heavy atom. The van der Waals surface area contributed by atoms with E-state index in [2.05, 4.69) is 26.3 Å². The van der Waals surface area contributed by atoms with Crippen LogP contribution in [0.4, 0.5) is 0 Å². The average molecular weight is 792 g/mol. The normalized spacial score (nSPS) is 17.6. The minimum Gasteiger partial charge on any atom is -0.508 e. The summed E-state index contributed by atoms with van der Waals surface area (Å²) in [5.74, 6) is -3.37. The molecular formula is C40H57N9O8. The molecule has 57 heavy (non-hydrogen) atoms. The summed E-state index contributed by atoms with van der Waals surface area (Å²) in [6, 6.07) is 7.10. The molecule has 0 bridgehead atoms. The summed E-state index contributed by atoms with van der Waals surface area (Å²) in [6.07, 6.45) is 6.59. The number of benzene rings is 2. The van der Waals surface area contributed by atoms with E-state index >= 15 is 0 Å². The van der Waals surface area contributed by atoms with Gasteiger partial charge in [0.2, 0.25) is 35.4 Å². The summed E-state index contributed by atoms with van der Waals surface area (Å²) in [6.45, 7) is 1.74. The number of amides is 6. The summed E-state index contributed by atoms with van der Waals surface area (Å²) < 4.78 is 0. The monoisotopic (exact) mass is 791 g/mol. The lowest BCUT2D eigenvalue weighted by molar-refractivity contribution is -0.143. The van der Waals surface area contributed by atoms with E-state index in [0.717, 1.165) is 32.1 Å². The zero-order chi connectivity index (χ0) is 41.5. The number of aromatic hydroxyl groups is 2. The number of phenols is 2. The third-order valence-corrected chi connectivity index (χ3v) is 10.4. The SMILES string of the molecule is CC(=O)N[C@H](Cc1ccc(O)cc1)C(=O)N[C@@H](CC1CCCCC1)C(=O)N1CCC[C@@H]1C(=O)N[C@H](Cc1ccc(O)cc1)C(=O)N[C@@H](CCCN=C(N)N)C(N)=O. The van der Waals surface area contributed by atoms with Gasteiger partial charge in [0.1, 0.15) is 41.7 Å². The molecule has 5 atom stereocenters. The second kappa shape index (κ2) is 21.4. The summed E-state index contributed by atoms with van der Waals surface area (Å²) in [4.78, 5) is 86.0. The van der Waals surface area contributed by atoms with Gasteiger partial charge in [-0.25, -0.2) is 0 Å². The van der Waals surface area contributed by atoms with Crippen LogP contribution in [0.25, 0.3) is 0 Å². The second-order valence-electron chi connectivity index (χ2n) is 15.0. The molecule has 1 heterocycles. The van der Waals surface area contributed by atoms with Gasteiger partial charge in [-0.3, -0.25) is 33.8 Å². The molecule has 6 amide bonds. The molecule has 0 radical (unpaired) electrons. The fourth-order valence-corrected chi connectivity index (χ4v) is 7.48. The van der Waals surface area contributed by atoms with Crippen molar-refractivity contribution in [3.8, 4) is 11.5 Å². The Morgan fingerprint density at radius 2 is 1.26 bits per heavy atom. The van der Waals surface area contributed by atoms with E-state index in [1.54, 1.807) is 24.3 Å². The molecule has 1 aliphatic carbocycles.